The van der Waals surface area contributed by atoms with Crippen LogP contribution in [-0.4, -0.2) is 18.4 Å². The van der Waals surface area contributed by atoms with Gasteiger partial charge in [0.2, 0.25) is 0 Å². The normalized spacial score (nSPS) is 10.3. The molecule has 22 heavy (non-hydrogen) atoms. The van der Waals surface area contributed by atoms with Gasteiger partial charge >= 0.3 is 0 Å². The van der Waals surface area contributed by atoms with Gasteiger partial charge in [0.25, 0.3) is 11.8 Å². The number of nitrogens with two attached hydrogens (primary N) is 1. The zero-order chi connectivity index (χ0) is 15.9. The molecule has 1 heterocycles. The van der Waals surface area contributed by atoms with Gasteiger partial charge in [-0.25, -0.2) is 0 Å². The minimum Gasteiger partial charge on any atom is -0.467 e. The molecule has 0 bridgehead atoms. The Balaban J connectivity index is 1.97. The summed E-state index contributed by atoms with van der Waals surface area (Å²) >= 11 is 0. The lowest BCUT2D eigenvalue weighted by Gasteiger charge is -2.06. The number of hydrogen-bond donors (Lipinski definition) is 3. The zero-order valence-corrected chi connectivity index (χ0v) is 12.4. The lowest BCUT2D eigenvalue weighted by atomic mass is 10.1. The second-order valence-corrected chi connectivity index (χ2v) is 4.75. The molecular formula is C16H19N3O3. The van der Waals surface area contributed by atoms with E-state index in [2.05, 4.69) is 10.6 Å². The first kappa shape index (κ1) is 15.8. The molecule has 2 rings (SSSR count). The lowest BCUT2D eigenvalue weighted by Crippen LogP contribution is -2.24. The number of nitrogens with one attached hydrogen (secondary N) is 2. The van der Waals surface area contributed by atoms with E-state index in [4.69, 9.17) is 10.2 Å². The summed E-state index contributed by atoms with van der Waals surface area (Å²) in [6.45, 7) is 3.02. The lowest BCUT2D eigenvalue weighted by molar-refractivity contribution is 0.0946. The standard InChI is InChI=1S/C16H19N3O3/c1-2-18-15(20)12-5-3-4-11(6-12)9-19-16(21)13-7-14(8-17)22-10-13/h3-7,10H,2,8-9,17H2,1H3,(H,18,20)(H,19,21). The molecule has 2 aromatic rings. The van der Waals surface area contributed by atoms with Crippen LogP contribution >= 0.6 is 0 Å². The van der Waals surface area contributed by atoms with Crippen LogP contribution in [-0.2, 0) is 13.1 Å². The highest BCUT2D eigenvalue weighted by molar-refractivity contribution is 5.95. The summed E-state index contributed by atoms with van der Waals surface area (Å²) in [5.41, 5.74) is 7.28. The van der Waals surface area contributed by atoms with Crippen molar-refractivity contribution in [2.75, 3.05) is 6.54 Å². The molecule has 0 saturated carbocycles. The van der Waals surface area contributed by atoms with Gasteiger partial charge in [-0.05, 0) is 30.7 Å². The zero-order valence-electron chi connectivity index (χ0n) is 12.4. The molecular weight excluding hydrogens is 282 g/mol. The van der Waals surface area contributed by atoms with E-state index in [0.29, 0.717) is 30.0 Å². The molecule has 0 fully saturated rings. The molecule has 6 heteroatoms. The van der Waals surface area contributed by atoms with E-state index in [1.807, 2.05) is 13.0 Å². The van der Waals surface area contributed by atoms with Crippen LogP contribution in [0, 0.1) is 0 Å². The van der Waals surface area contributed by atoms with Crippen molar-refractivity contribution in [1.82, 2.24) is 10.6 Å². The number of carbonyl (C=O) groups is 2. The second-order valence-electron chi connectivity index (χ2n) is 4.75. The quantitative estimate of drug-likeness (QED) is 0.751. The van der Waals surface area contributed by atoms with E-state index in [1.54, 1.807) is 24.3 Å². The van der Waals surface area contributed by atoms with Crippen LogP contribution in [0.4, 0.5) is 0 Å². The van der Waals surface area contributed by atoms with E-state index in [-0.39, 0.29) is 18.4 Å². The highest BCUT2D eigenvalue weighted by Crippen LogP contribution is 2.08. The van der Waals surface area contributed by atoms with Gasteiger partial charge in [-0.2, -0.15) is 0 Å². The first-order valence-corrected chi connectivity index (χ1v) is 7.07. The van der Waals surface area contributed by atoms with Crippen LogP contribution in [0.25, 0.3) is 0 Å². The number of rotatable bonds is 6. The van der Waals surface area contributed by atoms with Crippen LogP contribution in [0.5, 0.6) is 0 Å². The van der Waals surface area contributed by atoms with Gasteiger partial charge in [0, 0.05) is 18.7 Å². The average Bonchev–Trinajstić information content (AvgIpc) is 3.02. The fraction of sp³-hybridized carbons (Fsp3) is 0.250. The summed E-state index contributed by atoms with van der Waals surface area (Å²) in [6, 6.07) is 8.74. The van der Waals surface area contributed by atoms with Gasteiger partial charge in [-0.15, -0.1) is 0 Å². The van der Waals surface area contributed by atoms with Crippen molar-refractivity contribution in [3.05, 3.63) is 59.0 Å². The van der Waals surface area contributed by atoms with Crippen LogP contribution in [0.2, 0.25) is 0 Å². The van der Waals surface area contributed by atoms with Gasteiger partial charge in [-0.3, -0.25) is 9.59 Å². The van der Waals surface area contributed by atoms with Gasteiger partial charge in [-0.1, -0.05) is 12.1 Å². The van der Waals surface area contributed by atoms with Gasteiger partial charge < -0.3 is 20.8 Å². The Morgan fingerprint density at radius 2 is 1.91 bits per heavy atom. The van der Waals surface area contributed by atoms with Crippen molar-refractivity contribution in [3.63, 3.8) is 0 Å². The molecule has 0 aliphatic rings. The first-order chi connectivity index (χ1) is 10.6. The van der Waals surface area contributed by atoms with Crippen molar-refractivity contribution < 1.29 is 14.0 Å². The maximum absolute atomic E-state index is 12.0. The summed E-state index contributed by atoms with van der Waals surface area (Å²) in [6.07, 6.45) is 1.38. The maximum atomic E-state index is 12.0. The molecule has 0 radical (unpaired) electrons. The monoisotopic (exact) mass is 301 g/mol. The highest BCUT2D eigenvalue weighted by atomic mass is 16.3. The Hall–Kier alpha value is -2.60. The second kappa shape index (κ2) is 7.42. The molecule has 1 aromatic carbocycles. The summed E-state index contributed by atoms with van der Waals surface area (Å²) in [5, 5.41) is 5.52. The Morgan fingerprint density at radius 3 is 2.59 bits per heavy atom. The molecule has 116 valence electrons. The third-order valence-corrected chi connectivity index (χ3v) is 3.10. The topological polar surface area (TPSA) is 97.4 Å². The Morgan fingerprint density at radius 1 is 1.14 bits per heavy atom. The number of hydrogen-bond acceptors (Lipinski definition) is 4. The minimum absolute atomic E-state index is 0.127. The molecule has 1 aromatic heterocycles. The van der Waals surface area contributed by atoms with Crippen molar-refractivity contribution in [3.8, 4) is 0 Å². The fourth-order valence-electron chi connectivity index (χ4n) is 1.98. The first-order valence-electron chi connectivity index (χ1n) is 7.07. The SMILES string of the molecule is CCNC(=O)c1cccc(CNC(=O)c2coc(CN)c2)c1. The van der Waals surface area contributed by atoms with Crippen LogP contribution in [0.1, 0.15) is 39.0 Å². The highest BCUT2D eigenvalue weighted by Gasteiger charge is 2.10. The van der Waals surface area contributed by atoms with Crippen LogP contribution < -0.4 is 16.4 Å². The van der Waals surface area contributed by atoms with E-state index < -0.39 is 0 Å². The van der Waals surface area contributed by atoms with Gasteiger partial charge in [0.05, 0.1) is 12.1 Å². The fourth-order valence-corrected chi connectivity index (χ4v) is 1.98. The van der Waals surface area contributed by atoms with Crippen molar-refractivity contribution >= 4 is 11.8 Å². The van der Waals surface area contributed by atoms with Crippen LogP contribution in [0.3, 0.4) is 0 Å². The average molecular weight is 301 g/mol. The Kier molecular flexibility index (Phi) is 5.32. The molecule has 4 N–H and O–H groups in total. The van der Waals surface area contributed by atoms with E-state index in [0.717, 1.165) is 5.56 Å². The molecule has 0 unspecified atom stereocenters. The molecule has 6 nitrogen and oxygen atoms in total. The largest absolute Gasteiger partial charge is 0.467 e. The predicted molar refractivity (Wildman–Crippen MR) is 82.2 cm³/mol. The molecule has 0 aliphatic heterocycles. The minimum atomic E-state index is -0.244. The molecule has 0 saturated heterocycles. The molecule has 0 atom stereocenters. The Labute approximate surface area is 128 Å². The number of furan rings is 1. The third-order valence-electron chi connectivity index (χ3n) is 3.10. The molecule has 0 aliphatic carbocycles. The van der Waals surface area contributed by atoms with Gasteiger partial charge in [0.1, 0.15) is 12.0 Å². The van der Waals surface area contributed by atoms with Crippen molar-refractivity contribution in [1.29, 1.82) is 0 Å². The summed E-state index contributed by atoms with van der Waals surface area (Å²) in [4.78, 5) is 23.7. The summed E-state index contributed by atoms with van der Waals surface area (Å²) in [7, 11) is 0. The number of carbonyl (C=O) groups excluding carboxylic acids is 2. The van der Waals surface area contributed by atoms with Crippen molar-refractivity contribution in [2.45, 2.75) is 20.0 Å². The number of amides is 2. The van der Waals surface area contributed by atoms with Crippen molar-refractivity contribution in [2.24, 2.45) is 5.73 Å². The molecule has 0 spiro atoms. The van der Waals surface area contributed by atoms with E-state index in [9.17, 15) is 9.59 Å². The predicted octanol–water partition coefficient (Wildman–Crippen LogP) is 1.42. The smallest absolute Gasteiger partial charge is 0.254 e. The van der Waals surface area contributed by atoms with E-state index >= 15 is 0 Å². The maximum Gasteiger partial charge on any atom is 0.254 e. The summed E-state index contributed by atoms with van der Waals surface area (Å²) < 4.78 is 5.13. The third kappa shape index (κ3) is 3.95. The summed E-state index contributed by atoms with van der Waals surface area (Å²) in [5.74, 6) is 0.188. The Bertz CT molecular complexity index is 664. The molecule has 2 amide bonds. The van der Waals surface area contributed by atoms with Gasteiger partial charge in [0.15, 0.2) is 0 Å². The van der Waals surface area contributed by atoms with Crippen LogP contribution in [0.15, 0.2) is 41.0 Å². The van der Waals surface area contributed by atoms with E-state index in [1.165, 1.54) is 6.26 Å². The number of benzene rings is 1.